The summed E-state index contributed by atoms with van der Waals surface area (Å²) in [5.74, 6) is 2.46. The van der Waals surface area contributed by atoms with Crippen molar-refractivity contribution in [2.24, 2.45) is 0 Å². The van der Waals surface area contributed by atoms with Crippen LogP contribution in [0, 0.1) is 6.92 Å². The Bertz CT molecular complexity index is 330. The molecule has 0 aliphatic rings. The monoisotopic (exact) mass is 148 g/mol. The topological polar surface area (TPSA) is 26.3 Å². The van der Waals surface area contributed by atoms with Crippen LogP contribution in [0.2, 0.25) is 0 Å². The molecule has 0 atom stereocenters. The second-order valence-electron chi connectivity index (χ2n) is 2.39. The molecule has 0 aromatic carbocycles. The van der Waals surface area contributed by atoms with Gasteiger partial charge in [0.05, 0.1) is 6.26 Å². The van der Waals surface area contributed by atoms with E-state index in [1.807, 2.05) is 31.2 Å². The quantitative estimate of drug-likeness (QED) is 0.621. The summed E-state index contributed by atoms with van der Waals surface area (Å²) in [5.41, 5.74) is 0. The fourth-order valence-electron chi connectivity index (χ4n) is 0.986. The Balaban J connectivity index is 2.45. The molecule has 2 rings (SSSR count). The van der Waals surface area contributed by atoms with Gasteiger partial charge in [-0.2, -0.15) is 0 Å². The van der Waals surface area contributed by atoms with Gasteiger partial charge in [-0.25, -0.2) is 0 Å². The first kappa shape index (κ1) is 6.28. The van der Waals surface area contributed by atoms with Gasteiger partial charge in [0.15, 0.2) is 11.5 Å². The maximum Gasteiger partial charge on any atom is 0.169 e. The predicted octanol–water partition coefficient (Wildman–Crippen LogP) is 2.85. The van der Waals surface area contributed by atoms with Gasteiger partial charge in [-0.05, 0) is 31.2 Å². The number of hydrogen-bond donors (Lipinski definition) is 0. The van der Waals surface area contributed by atoms with Crippen LogP contribution in [-0.2, 0) is 0 Å². The van der Waals surface area contributed by atoms with Crippen molar-refractivity contribution >= 4 is 0 Å². The Kier molecular flexibility index (Phi) is 1.32. The average molecular weight is 148 g/mol. The maximum atomic E-state index is 5.33. The normalized spacial score (nSPS) is 10.3. The standard InChI is InChI=1S/C9H8O2/c1-7-4-5-9(11-7)8-3-2-6-10-8/h2-6H,1H3. The molecule has 0 bridgehead atoms. The average Bonchev–Trinajstić information content (AvgIpc) is 2.55. The molecule has 2 heterocycles. The lowest BCUT2D eigenvalue weighted by atomic mass is 10.3. The highest BCUT2D eigenvalue weighted by Gasteiger charge is 2.03. The smallest absolute Gasteiger partial charge is 0.169 e. The Labute approximate surface area is 64.4 Å². The highest BCUT2D eigenvalue weighted by atomic mass is 16.4. The van der Waals surface area contributed by atoms with Gasteiger partial charge in [0.2, 0.25) is 0 Å². The molecule has 2 aromatic rings. The second-order valence-corrected chi connectivity index (χ2v) is 2.39. The van der Waals surface area contributed by atoms with Crippen LogP contribution in [0.5, 0.6) is 0 Å². The van der Waals surface area contributed by atoms with E-state index < -0.39 is 0 Å². The zero-order valence-electron chi connectivity index (χ0n) is 6.20. The van der Waals surface area contributed by atoms with E-state index in [-0.39, 0.29) is 0 Å². The zero-order valence-corrected chi connectivity index (χ0v) is 6.20. The van der Waals surface area contributed by atoms with Gasteiger partial charge in [0.1, 0.15) is 5.76 Å². The fourth-order valence-corrected chi connectivity index (χ4v) is 0.986. The van der Waals surface area contributed by atoms with Crippen LogP contribution in [0.4, 0.5) is 0 Å². The molecule has 0 unspecified atom stereocenters. The molecule has 0 amide bonds. The first-order chi connectivity index (χ1) is 5.36. The highest BCUT2D eigenvalue weighted by molar-refractivity contribution is 5.49. The van der Waals surface area contributed by atoms with Gasteiger partial charge in [-0.15, -0.1) is 0 Å². The number of hydrogen-bond acceptors (Lipinski definition) is 2. The van der Waals surface area contributed by atoms with Crippen molar-refractivity contribution in [1.82, 2.24) is 0 Å². The van der Waals surface area contributed by atoms with E-state index in [2.05, 4.69) is 0 Å². The molecule has 2 aromatic heterocycles. The van der Waals surface area contributed by atoms with Crippen LogP contribution >= 0.6 is 0 Å². The van der Waals surface area contributed by atoms with Gasteiger partial charge < -0.3 is 8.83 Å². The number of aryl methyl sites for hydroxylation is 1. The van der Waals surface area contributed by atoms with E-state index in [1.54, 1.807) is 6.26 Å². The summed E-state index contributed by atoms with van der Waals surface area (Å²) in [5, 5.41) is 0. The van der Waals surface area contributed by atoms with Crippen LogP contribution in [0.3, 0.4) is 0 Å². The lowest BCUT2D eigenvalue weighted by Crippen LogP contribution is -1.63. The van der Waals surface area contributed by atoms with E-state index in [1.165, 1.54) is 0 Å². The minimum absolute atomic E-state index is 0.776. The van der Waals surface area contributed by atoms with Gasteiger partial charge in [0, 0.05) is 0 Å². The molecule has 0 saturated carbocycles. The number of furan rings is 2. The molecule has 0 fully saturated rings. The summed E-state index contributed by atoms with van der Waals surface area (Å²) in [6, 6.07) is 7.53. The van der Waals surface area contributed by atoms with Crippen LogP contribution in [0.15, 0.2) is 39.4 Å². The predicted molar refractivity (Wildman–Crippen MR) is 41.1 cm³/mol. The van der Waals surface area contributed by atoms with Crippen molar-refractivity contribution in [2.75, 3.05) is 0 Å². The van der Waals surface area contributed by atoms with Crippen molar-refractivity contribution < 1.29 is 8.83 Å². The van der Waals surface area contributed by atoms with E-state index in [0.717, 1.165) is 17.3 Å². The Hall–Kier alpha value is -1.44. The molecule has 2 heteroatoms. The second kappa shape index (κ2) is 2.31. The molecule has 56 valence electrons. The molecule has 0 saturated heterocycles. The van der Waals surface area contributed by atoms with Gasteiger partial charge >= 0.3 is 0 Å². The molecular weight excluding hydrogens is 140 g/mol. The third kappa shape index (κ3) is 1.07. The van der Waals surface area contributed by atoms with Crippen LogP contribution in [0.25, 0.3) is 11.5 Å². The summed E-state index contributed by atoms with van der Waals surface area (Å²) in [4.78, 5) is 0. The SMILES string of the molecule is Cc1ccc(-c2ccco2)o1. The maximum absolute atomic E-state index is 5.33. The molecule has 2 nitrogen and oxygen atoms in total. The summed E-state index contributed by atoms with van der Waals surface area (Å²) in [6.07, 6.45) is 1.63. The van der Waals surface area contributed by atoms with Gasteiger partial charge in [-0.3, -0.25) is 0 Å². The molecule has 0 radical (unpaired) electrons. The van der Waals surface area contributed by atoms with E-state index in [0.29, 0.717) is 0 Å². The van der Waals surface area contributed by atoms with Crippen molar-refractivity contribution in [1.29, 1.82) is 0 Å². The van der Waals surface area contributed by atoms with Crippen molar-refractivity contribution in [3.05, 3.63) is 36.3 Å². The van der Waals surface area contributed by atoms with E-state index in [4.69, 9.17) is 8.83 Å². The Morgan fingerprint density at radius 2 is 2.00 bits per heavy atom. The summed E-state index contributed by atoms with van der Waals surface area (Å²) in [6.45, 7) is 1.91. The van der Waals surface area contributed by atoms with Crippen LogP contribution < -0.4 is 0 Å². The van der Waals surface area contributed by atoms with Crippen LogP contribution in [-0.4, -0.2) is 0 Å². The molecular formula is C9H8O2. The minimum Gasteiger partial charge on any atom is -0.461 e. The molecule has 0 aliphatic heterocycles. The lowest BCUT2D eigenvalue weighted by molar-refractivity contribution is 0.507. The number of rotatable bonds is 1. The third-order valence-corrected chi connectivity index (χ3v) is 1.50. The molecule has 0 N–H and O–H groups in total. The highest BCUT2D eigenvalue weighted by Crippen LogP contribution is 2.21. The zero-order chi connectivity index (χ0) is 7.68. The summed E-state index contributed by atoms with van der Waals surface area (Å²) < 4.78 is 10.5. The van der Waals surface area contributed by atoms with E-state index in [9.17, 15) is 0 Å². The first-order valence-corrected chi connectivity index (χ1v) is 3.46. The van der Waals surface area contributed by atoms with Gasteiger partial charge in [0.25, 0.3) is 0 Å². The molecule has 0 spiro atoms. The minimum atomic E-state index is 0.776. The molecule has 11 heavy (non-hydrogen) atoms. The largest absolute Gasteiger partial charge is 0.461 e. The van der Waals surface area contributed by atoms with Crippen LogP contribution in [0.1, 0.15) is 5.76 Å². The first-order valence-electron chi connectivity index (χ1n) is 3.46. The Morgan fingerprint density at radius 1 is 1.09 bits per heavy atom. The van der Waals surface area contributed by atoms with Crippen molar-refractivity contribution in [3.63, 3.8) is 0 Å². The fraction of sp³-hybridized carbons (Fsp3) is 0.111. The third-order valence-electron chi connectivity index (χ3n) is 1.50. The molecule has 0 aliphatic carbocycles. The summed E-state index contributed by atoms with van der Waals surface area (Å²) in [7, 11) is 0. The van der Waals surface area contributed by atoms with E-state index >= 15 is 0 Å². The van der Waals surface area contributed by atoms with Crippen molar-refractivity contribution in [2.45, 2.75) is 6.92 Å². The van der Waals surface area contributed by atoms with Gasteiger partial charge in [-0.1, -0.05) is 0 Å². The Morgan fingerprint density at radius 3 is 2.55 bits per heavy atom. The van der Waals surface area contributed by atoms with Crippen molar-refractivity contribution in [3.8, 4) is 11.5 Å². The summed E-state index contributed by atoms with van der Waals surface area (Å²) >= 11 is 0. The lowest BCUT2D eigenvalue weighted by Gasteiger charge is -1.86.